The van der Waals surface area contributed by atoms with Gasteiger partial charge in [-0.2, -0.15) is 0 Å². The number of hydrogen-bond acceptors (Lipinski definition) is 4. The fraction of sp³-hybridized carbons (Fsp3) is 0.231. The van der Waals surface area contributed by atoms with Crippen LogP contribution in [0.3, 0.4) is 0 Å². The van der Waals surface area contributed by atoms with E-state index in [0.29, 0.717) is 4.90 Å². The number of thiophene rings is 1. The van der Waals surface area contributed by atoms with Gasteiger partial charge in [-0.1, -0.05) is 6.07 Å². The first kappa shape index (κ1) is 14.0. The van der Waals surface area contributed by atoms with Gasteiger partial charge in [-0.25, -0.2) is 12.7 Å². The van der Waals surface area contributed by atoms with E-state index in [0.717, 1.165) is 12.2 Å². The van der Waals surface area contributed by atoms with Crippen LogP contribution in [0, 0.1) is 0 Å². The molecule has 1 heterocycles. The number of nitrogens with zero attached hydrogens (tertiary/aromatic N) is 1. The number of rotatable bonds is 5. The molecule has 0 saturated carbocycles. The molecule has 0 aliphatic heterocycles. The molecule has 4 nitrogen and oxygen atoms in total. The SMILES string of the molecule is CN(C)S(=O)(=O)c1ccc(NCc2cccs2)cc1. The fourth-order valence-electron chi connectivity index (χ4n) is 1.56. The standard InChI is InChI=1S/C13H16N2O2S2/c1-15(2)19(16,17)13-7-5-11(6-8-13)14-10-12-4-3-9-18-12/h3-9,14H,10H2,1-2H3. The van der Waals surface area contributed by atoms with Gasteiger partial charge >= 0.3 is 0 Å². The van der Waals surface area contributed by atoms with Crippen molar-refractivity contribution in [2.75, 3.05) is 19.4 Å². The van der Waals surface area contributed by atoms with E-state index in [9.17, 15) is 8.42 Å². The number of nitrogens with one attached hydrogen (secondary N) is 1. The highest BCUT2D eigenvalue weighted by Crippen LogP contribution is 2.18. The second-order valence-corrected chi connectivity index (χ2v) is 7.43. The Morgan fingerprint density at radius 1 is 1.16 bits per heavy atom. The van der Waals surface area contributed by atoms with Crippen LogP contribution >= 0.6 is 11.3 Å². The molecule has 0 amide bonds. The van der Waals surface area contributed by atoms with Crippen molar-refractivity contribution < 1.29 is 8.42 Å². The van der Waals surface area contributed by atoms with Crippen LogP contribution in [0.15, 0.2) is 46.7 Å². The van der Waals surface area contributed by atoms with Crippen molar-refractivity contribution >= 4 is 27.0 Å². The van der Waals surface area contributed by atoms with Crippen molar-refractivity contribution in [2.45, 2.75) is 11.4 Å². The first-order chi connectivity index (χ1) is 9.00. The Morgan fingerprint density at radius 2 is 1.84 bits per heavy atom. The molecule has 0 aliphatic rings. The minimum Gasteiger partial charge on any atom is -0.380 e. The van der Waals surface area contributed by atoms with Crippen LogP contribution in [-0.4, -0.2) is 26.8 Å². The highest BCUT2D eigenvalue weighted by Gasteiger charge is 2.16. The average Bonchev–Trinajstić information content (AvgIpc) is 2.90. The minimum atomic E-state index is -3.34. The van der Waals surface area contributed by atoms with Crippen molar-refractivity contribution in [1.29, 1.82) is 0 Å². The number of hydrogen-bond donors (Lipinski definition) is 1. The Labute approximate surface area is 117 Å². The zero-order valence-electron chi connectivity index (χ0n) is 10.8. The Kier molecular flexibility index (Phi) is 4.24. The molecule has 2 aromatic rings. The molecular weight excluding hydrogens is 280 g/mol. The van der Waals surface area contributed by atoms with E-state index in [2.05, 4.69) is 11.4 Å². The molecule has 0 spiro atoms. The van der Waals surface area contributed by atoms with Gasteiger partial charge in [0, 0.05) is 31.2 Å². The van der Waals surface area contributed by atoms with Gasteiger partial charge in [0.2, 0.25) is 10.0 Å². The quantitative estimate of drug-likeness (QED) is 0.922. The van der Waals surface area contributed by atoms with Gasteiger partial charge in [-0.15, -0.1) is 11.3 Å². The van der Waals surface area contributed by atoms with E-state index >= 15 is 0 Å². The van der Waals surface area contributed by atoms with Crippen LogP contribution in [0.25, 0.3) is 0 Å². The van der Waals surface area contributed by atoms with E-state index in [4.69, 9.17) is 0 Å². The number of benzene rings is 1. The van der Waals surface area contributed by atoms with E-state index in [1.165, 1.54) is 23.3 Å². The summed E-state index contributed by atoms with van der Waals surface area (Å²) >= 11 is 1.69. The maximum atomic E-state index is 11.9. The van der Waals surface area contributed by atoms with Gasteiger partial charge in [-0.05, 0) is 35.7 Å². The van der Waals surface area contributed by atoms with E-state index < -0.39 is 10.0 Å². The Balaban J connectivity index is 2.07. The van der Waals surface area contributed by atoms with Gasteiger partial charge in [0.25, 0.3) is 0 Å². The Morgan fingerprint density at radius 3 is 2.37 bits per heavy atom. The summed E-state index contributed by atoms with van der Waals surface area (Å²) < 4.78 is 25.0. The molecular formula is C13H16N2O2S2. The zero-order valence-corrected chi connectivity index (χ0v) is 12.5. The van der Waals surface area contributed by atoms with Crippen molar-refractivity contribution in [1.82, 2.24) is 4.31 Å². The molecule has 0 aliphatic carbocycles. The van der Waals surface area contributed by atoms with E-state index in [1.54, 1.807) is 35.6 Å². The molecule has 0 bridgehead atoms. The third kappa shape index (κ3) is 3.34. The minimum absolute atomic E-state index is 0.305. The largest absolute Gasteiger partial charge is 0.380 e. The second-order valence-electron chi connectivity index (χ2n) is 4.24. The Hall–Kier alpha value is -1.37. The summed E-state index contributed by atoms with van der Waals surface area (Å²) in [5.74, 6) is 0. The molecule has 6 heteroatoms. The zero-order chi connectivity index (χ0) is 13.9. The predicted molar refractivity (Wildman–Crippen MR) is 79.0 cm³/mol. The van der Waals surface area contributed by atoms with Gasteiger partial charge in [0.1, 0.15) is 0 Å². The lowest BCUT2D eigenvalue weighted by atomic mass is 10.3. The Bertz CT molecular complexity index is 617. The summed E-state index contributed by atoms with van der Waals surface area (Å²) in [5.41, 5.74) is 0.908. The van der Waals surface area contributed by atoms with Gasteiger partial charge in [0.05, 0.1) is 4.90 Å². The normalized spacial score (nSPS) is 11.7. The smallest absolute Gasteiger partial charge is 0.242 e. The molecule has 0 atom stereocenters. The summed E-state index contributed by atoms with van der Waals surface area (Å²) in [6.07, 6.45) is 0. The summed E-state index contributed by atoms with van der Waals surface area (Å²) in [6.45, 7) is 0.747. The summed E-state index contributed by atoms with van der Waals surface area (Å²) in [4.78, 5) is 1.55. The lowest BCUT2D eigenvalue weighted by Crippen LogP contribution is -2.22. The van der Waals surface area contributed by atoms with Gasteiger partial charge in [0.15, 0.2) is 0 Å². The van der Waals surface area contributed by atoms with Gasteiger partial charge < -0.3 is 5.32 Å². The fourth-order valence-corrected chi connectivity index (χ4v) is 3.10. The molecule has 0 radical (unpaired) electrons. The topological polar surface area (TPSA) is 49.4 Å². The summed E-state index contributed by atoms with van der Waals surface area (Å²) in [5, 5.41) is 5.29. The van der Waals surface area contributed by atoms with Crippen LogP contribution in [0.4, 0.5) is 5.69 Å². The van der Waals surface area contributed by atoms with Crippen molar-refractivity contribution in [3.05, 3.63) is 46.7 Å². The van der Waals surface area contributed by atoms with Crippen LogP contribution < -0.4 is 5.32 Å². The lowest BCUT2D eigenvalue weighted by molar-refractivity contribution is 0.521. The predicted octanol–water partition coefficient (Wildman–Crippen LogP) is 2.61. The number of sulfonamides is 1. The highest BCUT2D eigenvalue weighted by molar-refractivity contribution is 7.89. The molecule has 19 heavy (non-hydrogen) atoms. The molecule has 2 rings (SSSR count). The second kappa shape index (κ2) is 5.73. The maximum absolute atomic E-state index is 11.9. The molecule has 0 fully saturated rings. The van der Waals surface area contributed by atoms with Crippen LogP contribution in [0.5, 0.6) is 0 Å². The molecule has 0 saturated heterocycles. The summed E-state index contributed by atoms with van der Waals surface area (Å²) in [6, 6.07) is 10.9. The third-order valence-electron chi connectivity index (χ3n) is 2.68. The third-order valence-corrected chi connectivity index (χ3v) is 5.39. The maximum Gasteiger partial charge on any atom is 0.242 e. The molecule has 1 aromatic carbocycles. The van der Waals surface area contributed by atoms with Crippen molar-refractivity contribution in [2.24, 2.45) is 0 Å². The van der Waals surface area contributed by atoms with Crippen LogP contribution in [0.2, 0.25) is 0 Å². The molecule has 1 aromatic heterocycles. The first-order valence-corrected chi connectivity index (χ1v) is 8.11. The van der Waals surface area contributed by atoms with E-state index in [-0.39, 0.29) is 0 Å². The monoisotopic (exact) mass is 296 g/mol. The highest BCUT2D eigenvalue weighted by atomic mass is 32.2. The molecule has 102 valence electrons. The van der Waals surface area contributed by atoms with E-state index in [1.807, 2.05) is 11.4 Å². The average molecular weight is 296 g/mol. The molecule has 1 N–H and O–H groups in total. The van der Waals surface area contributed by atoms with Crippen molar-refractivity contribution in [3.63, 3.8) is 0 Å². The van der Waals surface area contributed by atoms with Gasteiger partial charge in [-0.3, -0.25) is 0 Å². The van der Waals surface area contributed by atoms with Crippen molar-refractivity contribution in [3.8, 4) is 0 Å². The summed E-state index contributed by atoms with van der Waals surface area (Å²) in [7, 11) is -0.292. The van der Waals surface area contributed by atoms with Crippen LogP contribution in [-0.2, 0) is 16.6 Å². The lowest BCUT2D eigenvalue weighted by Gasteiger charge is -2.12. The first-order valence-electron chi connectivity index (χ1n) is 5.79. The van der Waals surface area contributed by atoms with Crippen LogP contribution in [0.1, 0.15) is 4.88 Å². The number of anilines is 1. The molecule has 0 unspecified atom stereocenters.